The quantitative estimate of drug-likeness (QED) is 0.874. The van der Waals surface area contributed by atoms with E-state index in [1.807, 2.05) is 7.05 Å². The summed E-state index contributed by atoms with van der Waals surface area (Å²) in [4.78, 5) is 13.6. The van der Waals surface area contributed by atoms with Gasteiger partial charge in [0.2, 0.25) is 5.91 Å². The molecule has 1 rings (SSSR count). The van der Waals surface area contributed by atoms with Gasteiger partial charge in [-0.1, -0.05) is 6.92 Å². The molecule has 1 amide bonds. The smallest absolute Gasteiger partial charge is 0.236 e. The second-order valence-corrected chi connectivity index (χ2v) is 6.49. The third kappa shape index (κ3) is 5.19. The average Bonchev–Trinajstić information content (AvgIpc) is 2.70. The van der Waals surface area contributed by atoms with E-state index in [2.05, 4.69) is 46.5 Å². The van der Waals surface area contributed by atoms with Crippen LogP contribution >= 0.6 is 27.3 Å². The molecule has 0 bridgehead atoms. The Labute approximate surface area is 115 Å². The van der Waals surface area contributed by atoms with Gasteiger partial charge in [0, 0.05) is 19.6 Å². The van der Waals surface area contributed by atoms with Crippen molar-refractivity contribution in [2.45, 2.75) is 32.9 Å². The van der Waals surface area contributed by atoms with E-state index < -0.39 is 0 Å². The van der Waals surface area contributed by atoms with Gasteiger partial charge in [0.1, 0.15) is 0 Å². The van der Waals surface area contributed by atoms with Gasteiger partial charge in [-0.15, -0.1) is 11.3 Å². The van der Waals surface area contributed by atoms with Crippen molar-refractivity contribution in [2.75, 3.05) is 13.6 Å². The minimum absolute atomic E-state index is 0.132. The molecule has 1 unspecified atom stereocenters. The average molecular weight is 319 g/mol. The van der Waals surface area contributed by atoms with Gasteiger partial charge in [0.15, 0.2) is 0 Å². The highest BCUT2D eigenvalue weighted by Gasteiger charge is 2.10. The molecule has 1 N–H and O–H groups in total. The van der Waals surface area contributed by atoms with Crippen LogP contribution in [0.2, 0.25) is 0 Å². The van der Waals surface area contributed by atoms with Crippen LogP contribution in [0.3, 0.4) is 0 Å². The van der Waals surface area contributed by atoms with Crippen molar-refractivity contribution >= 4 is 33.2 Å². The van der Waals surface area contributed by atoms with E-state index in [4.69, 9.17) is 0 Å². The Morgan fingerprint density at radius 2 is 2.35 bits per heavy atom. The second-order valence-electron chi connectivity index (χ2n) is 4.20. The van der Waals surface area contributed by atoms with E-state index in [1.54, 1.807) is 16.2 Å². The number of nitrogens with zero attached hydrogens (tertiary/aromatic N) is 1. The molecule has 5 heteroatoms. The van der Waals surface area contributed by atoms with Crippen LogP contribution in [-0.4, -0.2) is 30.4 Å². The number of hydrogen-bond donors (Lipinski definition) is 1. The second kappa shape index (κ2) is 7.13. The molecular weight excluding hydrogens is 300 g/mol. The summed E-state index contributed by atoms with van der Waals surface area (Å²) < 4.78 is 1.10. The SMILES string of the molecule is CCC(C)NCC(=O)N(C)Cc1csc(Br)c1. The van der Waals surface area contributed by atoms with Gasteiger partial charge in [-0.25, -0.2) is 0 Å². The zero-order chi connectivity index (χ0) is 12.8. The summed E-state index contributed by atoms with van der Waals surface area (Å²) in [6, 6.07) is 2.44. The van der Waals surface area contributed by atoms with E-state index in [9.17, 15) is 4.79 Å². The van der Waals surface area contributed by atoms with Gasteiger partial charge in [0.05, 0.1) is 10.3 Å². The van der Waals surface area contributed by atoms with Crippen LogP contribution in [-0.2, 0) is 11.3 Å². The van der Waals surface area contributed by atoms with Crippen molar-refractivity contribution in [2.24, 2.45) is 0 Å². The lowest BCUT2D eigenvalue weighted by Gasteiger charge is -2.18. The first-order valence-corrected chi connectivity index (χ1v) is 7.40. The summed E-state index contributed by atoms with van der Waals surface area (Å²) in [5.41, 5.74) is 1.17. The predicted molar refractivity (Wildman–Crippen MR) is 76.2 cm³/mol. The number of carbonyl (C=O) groups is 1. The van der Waals surface area contributed by atoms with E-state index in [-0.39, 0.29) is 5.91 Å². The fourth-order valence-corrected chi connectivity index (χ4v) is 2.53. The van der Waals surface area contributed by atoms with E-state index in [0.717, 1.165) is 10.2 Å². The van der Waals surface area contributed by atoms with Gasteiger partial charge in [-0.2, -0.15) is 0 Å². The first-order valence-electron chi connectivity index (χ1n) is 5.73. The summed E-state index contributed by atoms with van der Waals surface area (Å²) in [7, 11) is 1.84. The summed E-state index contributed by atoms with van der Waals surface area (Å²) in [5, 5.41) is 5.27. The van der Waals surface area contributed by atoms with Gasteiger partial charge in [-0.3, -0.25) is 4.79 Å². The number of rotatable bonds is 6. The van der Waals surface area contributed by atoms with Gasteiger partial charge >= 0.3 is 0 Å². The Bertz CT molecular complexity index is 367. The zero-order valence-electron chi connectivity index (χ0n) is 10.5. The van der Waals surface area contributed by atoms with Crippen molar-refractivity contribution in [3.05, 3.63) is 20.8 Å². The van der Waals surface area contributed by atoms with Crippen molar-refractivity contribution in [3.8, 4) is 0 Å². The van der Waals surface area contributed by atoms with Crippen LogP contribution < -0.4 is 5.32 Å². The Hall–Kier alpha value is -0.390. The van der Waals surface area contributed by atoms with Gasteiger partial charge in [-0.05, 0) is 46.3 Å². The van der Waals surface area contributed by atoms with Gasteiger partial charge in [0.25, 0.3) is 0 Å². The molecule has 1 heterocycles. The Morgan fingerprint density at radius 3 is 2.88 bits per heavy atom. The van der Waals surface area contributed by atoms with Crippen LogP contribution in [0.25, 0.3) is 0 Å². The molecule has 0 aliphatic rings. The minimum Gasteiger partial charge on any atom is -0.340 e. The largest absolute Gasteiger partial charge is 0.340 e. The number of thiophene rings is 1. The van der Waals surface area contributed by atoms with Crippen molar-refractivity contribution in [1.82, 2.24) is 10.2 Å². The number of halogens is 1. The zero-order valence-corrected chi connectivity index (χ0v) is 12.9. The van der Waals surface area contributed by atoms with E-state index >= 15 is 0 Å². The third-order valence-corrected chi connectivity index (χ3v) is 4.23. The van der Waals surface area contributed by atoms with E-state index in [0.29, 0.717) is 19.1 Å². The summed E-state index contributed by atoms with van der Waals surface area (Å²) in [5.74, 6) is 0.132. The first-order chi connectivity index (χ1) is 8.02. The Balaban J connectivity index is 2.36. The van der Waals surface area contributed by atoms with Crippen LogP contribution in [0.1, 0.15) is 25.8 Å². The maximum atomic E-state index is 11.8. The maximum Gasteiger partial charge on any atom is 0.236 e. The molecule has 0 aliphatic heterocycles. The fraction of sp³-hybridized carbons (Fsp3) is 0.583. The fourth-order valence-electron chi connectivity index (χ4n) is 1.33. The highest BCUT2D eigenvalue weighted by atomic mass is 79.9. The molecule has 1 atom stereocenters. The lowest BCUT2D eigenvalue weighted by Crippen LogP contribution is -2.38. The summed E-state index contributed by atoms with van der Waals surface area (Å²) >= 11 is 5.06. The van der Waals surface area contributed by atoms with Crippen LogP contribution in [0.5, 0.6) is 0 Å². The van der Waals surface area contributed by atoms with Crippen molar-refractivity contribution < 1.29 is 4.79 Å². The highest BCUT2D eigenvalue weighted by molar-refractivity contribution is 9.11. The molecule has 0 aliphatic carbocycles. The molecule has 0 radical (unpaired) electrons. The number of likely N-dealkylation sites (N-methyl/N-ethyl adjacent to an activating group) is 1. The molecule has 0 saturated heterocycles. The lowest BCUT2D eigenvalue weighted by molar-refractivity contribution is -0.129. The highest BCUT2D eigenvalue weighted by Crippen LogP contribution is 2.21. The van der Waals surface area contributed by atoms with Crippen molar-refractivity contribution in [1.29, 1.82) is 0 Å². The molecule has 1 aromatic heterocycles. The Kier molecular flexibility index (Phi) is 6.16. The number of carbonyl (C=O) groups excluding carboxylic acids is 1. The molecule has 0 fully saturated rings. The molecule has 0 aromatic carbocycles. The third-order valence-electron chi connectivity index (χ3n) is 2.68. The van der Waals surface area contributed by atoms with Gasteiger partial charge < -0.3 is 10.2 Å². The predicted octanol–water partition coefficient (Wildman–Crippen LogP) is 2.86. The number of hydrogen-bond acceptors (Lipinski definition) is 3. The number of amides is 1. The summed E-state index contributed by atoms with van der Waals surface area (Å²) in [6.45, 7) is 5.28. The van der Waals surface area contributed by atoms with Crippen molar-refractivity contribution in [3.63, 3.8) is 0 Å². The molecule has 1 aromatic rings. The normalized spacial score (nSPS) is 12.5. The molecule has 96 valence electrons. The summed E-state index contributed by atoms with van der Waals surface area (Å²) in [6.07, 6.45) is 1.04. The molecule has 0 spiro atoms. The van der Waals surface area contributed by atoms with Crippen LogP contribution in [0, 0.1) is 0 Å². The Morgan fingerprint density at radius 1 is 1.65 bits per heavy atom. The molecular formula is C12H19BrN2OS. The minimum atomic E-state index is 0.132. The van der Waals surface area contributed by atoms with Crippen LogP contribution in [0.4, 0.5) is 0 Å². The van der Waals surface area contributed by atoms with E-state index in [1.165, 1.54) is 5.56 Å². The topological polar surface area (TPSA) is 32.3 Å². The molecule has 3 nitrogen and oxygen atoms in total. The molecule has 17 heavy (non-hydrogen) atoms. The first kappa shape index (κ1) is 14.7. The lowest BCUT2D eigenvalue weighted by atomic mass is 10.2. The molecule has 0 saturated carbocycles. The standard InChI is InChI=1S/C12H19BrN2OS/c1-4-9(2)14-6-12(16)15(3)7-10-5-11(13)17-8-10/h5,8-9,14H,4,6-7H2,1-3H3. The number of nitrogens with one attached hydrogen (secondary N) is 1. The monoisotopic (exact) mass is 318 g/mol. The maximum absolute atomic E-state index is 11.8. The van der Waals surface area contributed by atoms with Crippen LogP contribution in [0.15, 0.2) is 15.2 Å².